The van der Waals surface area contributed by atoms with E-state index in [2.05, 4.69) is 32.8 Å². The smallest absolute Gasteiger partial charge is 0.227 e. The molecule has 6 nitrogen and oxygen atoms in total. The third kappa shape index (κ3) is 3.68. The molecular formula is C19H24N4O2. The Kier molecular flexibility index (Phi) is 5.07. The van der Waals surface area contributed by atoms with Gasteiger partial charge in [-0.15, -0.1) is 6.58 Å². The van der Waals surface area contributed by atoms with Crippen LogP contribution >= 0.6 is 0 Å². The molecule has 0 amide bonds. The molecule has 0 aliphatic carbocycles. The molecule has 6 heteroatoms. The molecule has 2 heterocycles. The van der Waals surface area contributed by atoms with E-state index in [1.165, 1.54) is 11.1 Å². The summed E-state index contributed by atoms with van der Waals surface area (Å²) in [6.07, 6.45) is 2.73. The van der Waals surface area contributed by atoms with Crippen molar-refractivity contribution in [3.05, 3.63) is 47.7 Å². The highest BCUT2D eigenvalue weighted by molar-refractivity contribution is 5.52. The SMILES string of the molecule is C=CCNc1cc(C)nc(N2CCc3cc(OC)c(OC)cc3C2)n1. The summed E-state index contributed by atoms with van der Waals surface area (Å²) in [6, 6.07) is 6.06. The molecule has 0 spiro atoms. The highest BCUT2D eigenvalue weighted by Crippen LogP contribution is 2.34. The molecular weight excluding hydrogens is 316 g/mol. The molecule has 1 aromatic heterocycles. The number of rotatable bonds is 6. The van der Waals surface area contributed by atoms with Crippen LogP contribution in [-0.4, -0.2) is 37.3 Å². The van der Waals surface area contributed by atoms with Crippen LogP contribution in [0.25, 0.3) is 0 Å². The first-order valence-electron chi connectivity index (χ1n) is 8.33. The summed E-state index contributed by atoms with van der Waals surface area (Å²) >= 11 is 0. The van der Waals surface area contributed by atoms with Crippen LogP contribution in [0, 0.1) is 6.92 Å². The number of nitrogens with one attached hydrogen (secondary N) is 1. The molecule has 3 rings (SSSR count). The van der Waals surface area contributed by atoms with Gasteiger partial charge in [-0.1, -0.05) is 6.08 Å². The van der Waals surface area contributed by atoms with Crippen LogP contribution < -0.4 is 19.7 Å². The number of hydrogen-bond acceptors (Lipinski definition) is 6. The fourth-order valence-electron chi connectivity index (χ4n) is 3.02. The van der Waals surface area contributed by atoms with Gasteiger partial charge in [0.05, 0.1) is 14.2 Å². The maximum atomic E-state index is 5.43. The fourth-order valence-corrected chi connectivity index (χ4v) is 3.02. The van der Waals surface area contributed by atoms with Crippen molar-refractivity contribution in [2.24, 2.45) is 0 Å². The normalized spacial score (nSPS) is 13.2. The largest absolute Gasteiger partial charge is 0.493 e. The summed E-state index contributed by atoms with van der Waals surface area (Å²) in [6.45, 7) is 8.00. The average Bonchev–Trinajstić information content (AvgIpc) is 2.64. The van der Waals surface area contributed by atoms with Crippen molar-refractivity contribution in [1.82, 2.24) is 9.97 Å². The van der Waals surface area contributed by atoms with Crippen LogP contribution in [0.2, 0.25) is 0 Å². The molecule has 132 valence electrons. The third-order valence-electron chi connectivity index (χ3n) is 4.27. The van der Waals surface area contributed by atoms with Crippen LogP contribution in [0.15, 0.2) is 30.9 Å². The predicted molar refractivity (Wildman–Crippen MR) is 99.8 cm³/mol. The lowest BCUT2D eigenvalue weighted by Crippen LogP contribution is -2.32. The molecule has 0 unspecified atom stereocenters. The molecule has 0 saturated carbocycles. The number of methoxy groups -OCH3 is 2. The Balaban J connectivity index is 1.87. The minimum Gasteiger partial charge on any atom is -0.493 e. The van der Waals surface area contributed by atoms with Crippen LogP contribution in [0.1, 0.15) is 16.8 Å². The number of fused-ring (bicyclic) bond motifs is 1. The van der Waals surface area contributed by atoms with E-state index in [1.54, 1.807) is 14.2 Å². The van der Waals surface area contributed by atoms with Crippen molar-refractivity contribution in [1.29, 1.82) is 0 Å². The number of hydrogen-bond donors (Lipinski definition) is 1. The Morgan fingerprint density at radius 2 is 1.88 bits per heavy atom. The maximum Gasteiger partial charge on any atom is 0.227 e. The Labute approximate surface area is 148 Å². The molecule has 2 aromatic rings. The number of aromatic nitrogens is 2. The number of benzene rings is 1. The zero-order valence-corrected chi connectivity index (χ0v) is 15.0. The molecule has 0 saturated heterocycles. The number of anilines is 2. The molecule has 0 fully saturated rings. The molecule has 1 aliphatic heterocycles. The Morgan fingerprint density at radius 3 is 2.56 bits per heavy atom. The van der Waals surface area contributed by atoms with Gasteiger partial charge in [0, 0.05) is 31.4 Å². The Morgan fingerprint density at radius 1 is 1.16 bits per heavy atom. The molecule has 1 aliphatic rings. The van der Waals surface area contributed by atoms with Crippen molar-refractivity contribution in [2.75, 3.05) is 37.5 Å². The number of aryl methyl sites for hydroxylation is 1. The zero-order chi connectivity index (χ0) is 17.8. The fraction of sp³-hybridized carbons (Fsp3) is 0.368. The average molecular weight is 340 g/mol. The minimum atomic E-state index is 0.676. The lowest BCUT2D eigenvalue weighted by atomic mass is 9.99. The molecule has 0 radical (unpaired) electrons. The maximum absolute atomic E-state index is 5.43. The predicted octanol–water partition coefficient (Wildman–Crippen LogP) is 2.96. The number of ether oxygens (including phenoxy) is 2. The van der Waals surface area contributed by atoms with Gasteiger partial charge in [0.1, 0.15) is 5.82 Å². The van der Waals surface area contributed by atoms with E-state index in [1.807, 2.05) is 25.1 Å². The van der Waals surface area contributed by atoms with E-state index in [9.17, 15) is 0 Å². The van der Waals surface area contributed by atoms with E-state index in [4.69, 9.17) is 9.47 Å². The quantitative estimate of drug-likeness (QED) is 0.816. The summed E-state index contributed by atoms with van der Waals surface area (Å²) in [5.41, 5.74) is 3.44. The van der Waals surface area contributed by atoms with Gasteiger partial charge in [-0.2, -0.15) is 4.98 Å². The first-order chi connectivity index (χ1) is 12.1. The van der Waals surface area contributed by atoms with E-state index in [-0.39, 0.29) is 0 Å². The molecule has 0 bridgehead atoms. The van der Waals surface area contributed by atoms with Crippen LogP contribution in [0.4, 0.5) is 11.8 Å². The van der Waals surface area contributed by atoms with Crippen molar-refractivity contribution < 1.29 is 9.47 Å². The van der Waals surface area contributed by atoms with E-state index in [0.717, 1.165) is 48.5 Å². The Hall–Kier alpha value is -2.76. The van der Waals surface area contributed by atoms with Crippen LogP contribution in [0.5, 0.6) is 11.5 Å². The molecule has 1 N–H and O–H groups in total. The molecule has 25 heavy (non-hydrogen) atoms. The van der Waals surface area contributed by atoms with E-state index >= 15 is 0 Å². The van der Waals surface area contributed by atoms with Crippen molar-refractivity contribution >= 4 is 11.8 Å². The minimum absolute atomic E-state index is 0.676. The van der Waals surface area contributed by atoms with Gasteiger partial charge in [-0.05, 0) is 36.6 Å². The highest BCUT2D eigenvalue weighted by atomic mass is 16.5. The van der Waals surface area contributed by atoms with Gasteiger partial charge in [-0.25, -0.2) is 4.98 Å². The summed E-state index contributed by atoms with van der Waals surface area (Å²) in [5, 5.41) is 3.23. The van der Waals surface area contributed by atoms with Crippen molar-refractivity contribution in [3.63, 3.8) is 0 Å². The monoisotopic (exact) mass is 340 g/mol. The third-order valence-corrected chi connectivity index (χ3v) is 4.27. The Bertz CT molecular complexity index is 776. The van der Waals surface area contributed by atoms with Gasteiger partial charge < -0.3 is 19.7 Å². The summed E-state index contributed by atoms with van der Waals surface area (Å²) in [4.78, 5) is 11.4. The van der Waals surface area contributed by atoms with Gasteiger partial charge in [-0.3, -0.25) is 0 Å². The van der Waals surface area contributed by atoms with E-state index < -0.39 is 0 Å². The first kappa shape index (κ1) is 17.1. The van der Waals surface area contributed by atoms with Gasteiger partial charge in [0.2, 0.25) is 5.95 Å². The second kappa shape index (κ2) is 7.42. The summed E-state index contributed by atoms with van der Waals surface area (Å²) in [5.74, 6) is 3.09. The van der Waals surface area contributed by atoms with Crippen LogP contribution in [-0.2, 0) is 13.0 Å². The summed E-state index contributed by atoms with van der Waals surface area (Å²) in [7, 11) is 3.32. The van der Waals surface area contributed by atoms with Gasteiger partial charge in [0.25, 0.3) is 0 Å². The van der Waals surface area contributed by atoms with E-state index in [0.29, 0.717) is 6.54 Å². The lowest BCUT2D eigenvalue weighted by Gasteiger charge is -2.30. The van der Waals surface area contributed by atoms with Gasteiger partial charge >= 0.3 is 0 Å². The topological polar surface area (TPSA) is 59.5 Å². The van der Waals surface area contributed by atoms with Crippen molar-refractivity contribution in [3.8, 4) is 11.5 Å². The van der Waals surface area contributed by atoms with Gasteiger partial charge in [0.15, 0.2) is 11.5 Å². The molecule has 1 aromatic carbocycles. The molecule has 0 atom stereocenters. The van der Waals surface area contributed by atoms with Crippen molar-refractivity contribution in [2.45, 2.75) is 19.9 Å². The zero-order valence-electron chi connectivity index (χ0n) is 15.0. The number of nitrogens with zero attached hydrogens (tertiary/aromatic N) is 3. The van der Waals surface area contributed by atoms with Crippen LogP contribution in [0.3, 0.4) is 0 Å². The lowest BCUT2D eigenvalue weighted by molar-refractivity contribution is 0.353. The standard InChI is InChI=1S/C19H24N4O2/c1-5-7-20-18-9-13(2)21-19(22-18)23-8-6-14-10-16(24-3)17(25-4)11-15(14)12-23/h5,9-11H,1,6-8,12H2,2-4H3,(H,20,21,22). The highest BCUT2D eigenvalue weighted by Gasteiger charge is 2.21. The second-order valence-corrected chi connectivity index (χ2v) is 6.01. The first-order valence-corrected chi connectivity index (χ1v) is 8.33. The summed E-state index contributed by atoms with van der Waals surface area (Å²) < 4.78 is 10.8. The second-order valence-electron chi connectivity index (χ2n) is 6.01.